The Hall–Kier alpha value is -1.95. The van der Waals surface area contributed by atoms with Gasteiger partial charge in [0.2, 0.25) is 11.8 Å². The maximum Gasteiger partial charge on any atom is 0.238 e. The number of hydrogen-bond acceptors (Lipinski definition) is 3. The van der Waals surface area contributed by atoms with Crippen LogP contribution in [0.5, 0.6) is 0 Å². The van der Waals surface area contributed by atoms with Crippen molar-refractivity contribution >= 4 is 17.5 Å². The predicted molar refractivity (Wildman–Crippen MR) is 80.8 cm³/mol. The van der Waals surface area contributed by atoms with E-state index < -0.39 is 5.82 Å². The molecule has 1 aromatic carbocycles. The Labute approximate surface area is 128 Å². The maximum atomic E-state index is 13.5. The number of para-hydroxylation sites is 1. The molecule has 1 aliphatic carbocycles. The van der Waals surface area contributed by atoms with E-state index in [4.69, 9.17) is 0 Å². The van der Waals surface area contributed by atoms with Crippen molar-refractivity contribution in [2.75, 3.05) is 18.4 Å². The molecule has 2 amide bonds. The van der Waals surface area contributed by atoms with Crippen molar-refractivity contribution in [3.05, 3.63) is 30.1 Å². The number of hydrogen-bond donors (Lipinski definition) is 2. The van der Waals surface area contributed by atoms with Crippen LogP contribution >= 0.6 is 0 Å². The molecule has 6 heteroatoms. The molecule has 0 aromatic heterocycles. The fourth-order valence-corrected chi connectivity index (χ4v) is 2.77. The molecule has 22 heavy (non-hydrogen) atoms. The van der Waals surface area contributed by atoms with E-state index in [0.717, 1.165) is 25.7 Å². The van der Waals surface area contributed by atoms with E-state index >= 15 is 0 Å². The molecule has 1 atom stereocenters. The number of amides is 2. The van der Waals surface area contributed by atoms with Gasteiger partial charge in [0.1, 0.15) is 5.82 Å². The fourth-order valence-electron chi connectivity index (χ4n) is 2.77. The number of likely N-dealkylation sites (tertiary alicyclic amines) is 1. The highest BCUT2D eigenvalue weighted by Crippen LogP contribution is 2.22. The first kappa shape index (κ1) is 15.0. The second-order valence-corrected chi connectivity index (χ2v) is 5.94. The summed E-state index contributed by atoms with van der Waals surface area (Å²) >= 11 is 0. The molecule has 2 fully saturated rings. The SMILES string of the molecule is O=C(CN1CCCC1C(=O)NC1CC1)Nc1ccccc1F. The highest BCUT2D eigenvalue weighted by atomic mass is 19.1. The van der Waals surface area contributed by atoms with Gasteiger partial charge < -0.3 is 10.6 Å². The maximum absolute atomic E-state index is 13.5. The minimum atomic E-state index is -0.458. The summed E-state index contributed by atoms with van der Waals surface area (Å²) in [6.07, 6.45) is 3.76. The van der Waals surface area contributed by atoms with Crippen molar-refractivity contribution in [1.29, 1.82) is 0 Å². The lowest BCUT2D eigenvalue weighted by atomic mass is 10.2. The van der Waals surface area contributed by atoms with Crippen LogP contribution in [0.3, 0.4) is 0 Å². The molecular formula is C16H20FN3O2. The number of benzene rings is 1. The molecule has 2 N–H and O–H groups in total. The lowest BCUT2D eigenvalue weighted by Crippen LogP contribution is -2.46. The van der Waals surface area contributed by atoms with Gasteiger partial charge in [-0.3, -0.25) is 14.5 Å². The van der Waals surface area contributed by atoms with E-state index in [-0.39, 0.29) is 30.1 Å². The zero-order valence-corrected chi connectivity index (χ0v) is 12.3. The third-order valence-corrected chi connectivity index (χ3v) is 4.08. The van der Waals surface area contributed by atoms with Crippen LogP contribution in [-0.4, -0.2) is 41.9 Å². The quantitative estimate of drug-likeness (QED) is 0.867. The fraction of sp³-hybridized carbons (Fsp3) is 0.500. The number of rotatable bonds is 5. The third kappa shape index (κ3) is 3.62. The molecule has 1 aliphatic heterocycles. The van der Waals surface area contributed by atoms with E-state index in [9.17, 15) is 14.0 Å². The Morgan fingerprint density at radius 3 is 2.73 bits per heavy atom. The Balaban J connectivity index is 1.55. The second-order valence-electron chi connectivity index (χ2n) is 5.94. The largest absolute Gasteiger partial charge is 0.352 e. The highest BCUT2D eigenvalue weighted by Gasteiger charge is 2.34. The lowest BCUT2D eigenvalue weighted by molar-refractivity contribution is -0.126. The molecular weight excluding hydrogens is 285 g/mol. The summed E-state index contributed by atoms with van der Waals surface area (Å²) in [5, 5.41) is 5.55. The summed E-state index contributed by atoms with van der Waals surface area (Å²) in [7, 11) is 0. The van der Waals surface area contributed by atoms with Crippen LogP contribution in [0.2, 0.25) is 0 Å². The first-order valence-corrected chi connectivity index (χ1v) is 7.72. The lowest BCUT2D eigenvalue weighted by Gasteiger charge is -2.23. The van der Waals surface area contributed by atoms with Crippen LogP contribution < -0.4 is 10.6 Å². The average molecular weight is 305 g/mol. The first-order valence-electron chi connectivity index (χ1n) is 7.72. The Kier molecular flexibility index (Phi) is 4.38. The Morgan fingerprint density at radius 2 is 2.00 bits per heavy atom. The number of carbonyl (C=O) groups excluding carboxylic acids is 2. The van der Waals surface area contributed by atoms with Crippen molar-refractivity contribution in [3.63, 3.8) is 0 Å². The zero-order valence-electron chi connectivity index (χ0n) is 12.3. The molecule has 1 saturated carbocycles. The molecule has 0 bridgehead atoms. The number of carbonyl (C=O) groups is 2. The van der Waals surface area contributed by atoms with Crippen LogP contribution in [0, 0.1) is 5.82 Å². The van der Waals surface area contributed by atoms with Gasteiger partial charge in [-0.2, -0.15) is 0 Å². The highest BCUT2D eigenvalue weighted by molar-refractivity contribution is 5.93. The Morgan fingerprint density at radius 1 is 1.23 bits per heavy atom. The number of nitrogens with one attached hydrogen (secondary N) is 2. The van der Waals surface area contributed by atoms with Gasteiger partial charge in [-0.1, -0.05) is 12.1 Å². The van der Waals surface area contributed by atoms with E-state index in [1.165, 1.54) is 12.1 Å². The molecule has 5 nitrogen and oxygen atoms in total. The van der Waals surface area contributed by atoms with Gasteiger partial charge in [0.05, 0.1) is 18.3 Å². The molecule has 0 spiro atoms. The van der Waals surface area contributed by atoms with E-state index in [1.54, 1.807) is 12.1 Å². The molecule has 2 aliphatic rings. The standard InChI is InChI=1S/C16H20FN3O2/c17-12-4-1-2-5-13(12)19-15(21)10-20-9-3-6-14(20)16(22)18-11-7-8-11/h1-2,4-5,11,14H,3,6-10H2,(H,18,22)(H,19,21). The summed E-state index contributed by atoms with van der Waals surface area (Å²) in [6, 6.07) is 6.14. The summed E-state index contributed by atoms with van der Waals surface area (Å²) in [4.78, 5) is 26.1. The molecule has 1 saturated heterocycles. The monoisotopic (exact) mass is 305 g/mol. The predicted octanol–water partition coefficient (Wildman–Crippen LogP) is 1.51. The van der Waals surface area contributed by atoms with Crippen molar-refractivity contribution in [2.24, 2.45) is 0 Å². The van der Waals surface area contributed by atoms with Crippen LogP contribution in [-0.2, 0) is 9.59 Å². The van der Waals surface area contributed by atoms with Gasteiger partial charge in [0, 0.05) is 6.04 Å². The smallest absolute Gasteiger partial charge is 0.238 e. The molecule has 3 rings (SSSR count). The summed E-state index contributed by atoms with van der Waals surface area (Å²) in [6.45, 7) is 0.824. The molecule has 118 valence electrons. The van der Waals surface area contributed by atoms with Gasteiger partial charge in [-0.25, -0.2) is 4.39 Å². The van der Waals surface area contributed by atoms with Gasteiger partial charge in [0.25, 0.3) is 0 Å². The van der Waals surface area contributed by atoms with Gasteiger partial charge in [-0.05, 0) is 44.4 Å². The summed E-state index contributed by atoms with van der Waals surface area (Å²) in [5.74, 6) is -0.741. The average Bonchev–Trinajstić information content (AvgIpc) is 3.17. The van der Waals surface area contributed by atoms with Gasteiger partial charge in [0.15, 0.2) is 0 Å². The molecule has 1 aromatic rings. The van der Waals surface area contributed by atoms with Crippen molar-refractivity contribution in [2.45, 2.75) is 37.8 Å². The summed E-state index contributed by atoms with van der Waals surface area (Å²) in [5.41, 5.74) is 0.172. The summed E-state index contributed by atoms with van der Waals surface area (Å²) < 4.78 is 13.5. The molecule has 1 heterocycles. The minimum Gasteiger partial charge on any atom is -0.352 e. The topological polar surface area (TPSA) is 61.4 Å². The van der Waals surface area contributed by atoms with Crippen molar-refractivity contribution < 1.29 is 14.0 Å². The van der Waals surface area contributed by atoms with E-state index in [2.05, 4.69) is 10.6 Å². The van der Waals surface area contributed by atoms with E-state index in [0.29, 0.717) is 12.6 Å². The van der Waals surface area contributed by atoms with Crippen molar-refractivity contribution in [1.82, 2.24) is 10.2 Å². The minimum absolute atomic E-state index is 0.0127. The van der Waals surface area contributed by atoms with Gasteiger partial charge in [-0.15, -0.1) is 0 Å². The normalized spacial score (nSPS) is 21.6. The number of halogens is 1. The number of nitrogens with zero attached hydrogens (tertiary/aromatic N) is 1. The van der Waals surface area contributed by atoms with Gasteiger partial charge >= 0.3 is 0 Å². The van der Waals surface area contributed by atoms with Crippen LogP contribution in [0.1, 0.15) is 25.7 Å². The molecule has 0 radical (unpaired) electrons. The van der Waals surface area contributed by atoms with Crippen molar-refractivity contribution in [3.8, 4) is 0 Å². The van der Waals surface area contributed by atoms with Crippen LogP contribution in [0.4, 0.5) is 10.1 Å². The van der Waals surface area contributed by atoms with E-state index in [1.807, 2.05) is 4.90 Å². The zero-order chi connectivity index (χ0) is 15.5. The first-order chi connectivity index (χ1) is 10.6. The van der Waals surface area contributed by atoms with Crippen LogP contribution in [0.25, 0.3) is 0 Å². The number of anilines is 1. The second kappa shape index (κ2) is 6.44. The Bertz CT molecular complexity index is 574. The van der Waals surface area contributed by atoms with Crippen LogP contribution in [0.15, 0.2) is 24.3 Å². The third-order valence-electron chi connectivity index (χ3n) is 4.08. The molecule has 1 unspecified atom stereocenters.